The molecule has 4 rings (SSSR count). The van der Waals surface area contributed by atoms with E-state index in [1.807, 2.05) is 66.7 Å². The van der Waals surface area contributed by atoms with E-state index in [9.17, 15) is 4.79 Å². The number of para-hydroxylation sites is 1. The monoisotopic (exact) mass is 419 g/mol. The predicted octanol–water partition coefficient (Wildman–Crippen LogP) is 4.96. The average molecular weight is 420 g/mol. The molecule has 0 N–H and O–H groups in total. The number of carbonyl (C=O) groups is 1. The number of hydrogen-bond acceptors (Lipinski definition) is 4. The van der Waals surface area contributed by atoms with Gasteiger partial charge in [0.15, 0.2) is 0 Å². The van der Waals surface area contributed by atoms with E-state index >= 15 is 0 Å². The van der Waals surface area contributed by atoms with Gasteiger partial charge < -0.3 is 14.4 Å². The molecule has 0 bridgehead atoms. The third-order valence-electron chi connectivity index (χ3n) is 6.07. The fourth-order valence-corrected chi connectivity index (χ4v) is 4.27. The molecule has 0 atom stereocenters. The number of hydrogen-bond donors (Lipinski definition) is 0. The minimum atomic E-state index is -0.0195. The van der Waals surface area contributed by atoms with Crippen LogP contribution in [0.25, 0.3) is 16.9 Å². The summed E-state index contributed by atoms with van der Waals surface area (Å²) in [7, 11) is 5.15. The standard InChI is InChI=1S/C25H29N3O3/c1-27(18-10-6-4-7-11-18)25(29)22-17-28(19-12-8-5-9-13-19)26-24(22)21-16-20(30-2)14-15-23(21)31-3/h5,8-9,12-18H,4,6-7,10-11H2,1-3H3. The summed E-state index contributed by atoms with van der Waals surface area (Å²) in [6.45, 7) is 0. The third-order valence-corrected chi connectivity index (χ3v) is 6.07. The Morgan fingerprint density at radius 3 is 2.45 bits per heavy atom. The van der Waals surface area contributed by atoms with Gasteiger partial charge in [0.2, 0.25) is 0 Å². The quantitative estimate of drug-likeness (QED) is 0.567. The number of benzene rings is 2. The van der Waals surface area contributed by atoms with Crippen molar-refractivity contribution in [2.75, 3.05) is 21.3 Å². The summed E-state index contributed by atoms with van der Waals surface area (Å²) < 4.78 is 12.8. The van der Waals surface area contributed by atoms with Crippen LogP contribution in [-0.4, -0.2) is 47.9 Å². The van der Waals surface area contributed by atoms with Gasteiger partial charge in [-0.25, -0.2) is 4.68 Å². The number of ether oxygens (including phenoxy) is 2. The molecule has 1 aromatic heterocycles. The molecule has 0 saturated heterocycles. The molecule has 2 aromatic carbocycles. The molecule has 3 aromatic rings. The molecule has 31 heavy (non-hydrogen) atoms. The van der Waals surface area contributed by atoms with Crippen LogP contribution in [-0.2, 0) is 0 Å². The SMILES string of the molecule is COc1ccc(OC)c(-c2nn(-c3ccccc3)cc2C(=O)N(C)C2CCCCC2)c1. The molecule has 1 heterocycles. The van der Waals surface area contributed by atoms with Crippen LogP contribution in [0.4, 0.5) is 0 Å². The van der Waals surface area contributed by atoms with Gasteiger partial charge in [0.25, 0.3) is 5.91 Å². The van der Waals surface area contributed by atoms with Crippen molar-refractivity contribution < 1.29 is 14.3 Å². The maximum absolute atomic E-state index is 13.6. The van der Waals surface area contributed by atoms with Crippen molar-refractivity contribution in [1.29, 1.82) is 0 Å². The molecule has 1 aliphatic rings. The van der Waals surface area contributed by atoms with Gasteiger partial charge in [-0.05, 0) is 43.2 Å². The summed E-state index contributed by atoms with van der Waals surface area (Å²) in [4.78, 5) is 15.5. The van der Waals surface area contributed by atoms with Gasteiger partial charge in [-0.3, -0.25) is 4.79 Å². The van der Waals surface area contributed by atoms with Crippen molar-refractivity contribution in [1.82, 2.24) is 14.7 Å². The van der Waals surface area contributed by atoms with E-state index in [2.05, 4.69) is 0 Å². The Bertz CT molecular complexity index is 1040. The highest BCUT2D eigenvalue weighted by molar-refractivity contribution is 6.00. The van der Waals surface area contributed by atoms with E-state index < -0.39 is 0 Å². The lowest BCUT2D eigenvalue weighted by Gasteiger charge is -2.31. The largest absolute Gasteiger partial charge is 0.497 e. The lowest BCUT2D eigenvalue weighted by atomic mass is 9.94. The first-order valence-electron chi connectivity index (χ1n) is 10.8. The van der Waals surface area contributed by atoms with Gasteiger partial charge in [0.05, 0.1) is 25.5 Å². The highest BCUT2D eigenvalue weighted by Crippen LogP contribution is 2.36. The fourth-order valence-electron chi connectivity index (χ4n) is 4.27. The highest BCUT2D eigenvalue weighted by atomic mass is 16.5. The van der Waals surface area contributed by atoms with E-state index in [1.54, 1.807) is 18.9 Å². The number of rotatable bonds is 6. The molecule has 0 unspecified atom stereocenters. The Hall–Kier alpha value is -3.28. The smallest absolute Gasteiger partial charge is 0.257 e. The minimum Gasteiger partial charge on any atom is -0.497 e. The second-order valence-electron chi connectivity index (χ2n) is 7.95. The molecular weight excluding hydrogens is 390 g/mol. The van der Waals surface area contributed by atoms with Gasteiger partial charge in [0.1, 0.15) is 17.2 Å². The zero-order valence-electron chi connectivity index (χ0n) is 18.4. The number of aromatic nitrogens is 2. The number of nitrogens with zero attached hydrogens (tertiary/aromatic N) is 3. The Morgan fingerprint density at radius 2 is 1.77 bits per heavy atom. The lowest BCUT2D eigenvalue weighted by Crippen LogP contribution is -2.38. The molecule has 0 aliphatic heterocycles. The zero-order chi connectivity index (χ0) is 21.8. The van der Waals surface area contributed by atoms with Crippen molar-refractivity contribution in [2.24, 2.45) is 0 Å². The number of amides is 1. The van der Waals surface area contributed by atoms with Crippen LogP contribution in [0.15, 0.2) is 54.7 Å². The zero-order valence-corrected chi connectivity index (χ0v) is 18.4. The summed E-state index contributed by atoms with van der Waals surface area (Å²) in [5.74, 6) is 1.31. The highest BCUT2D eigenvalue weighted by Gasteiger charge is 2.28. The maximum Gasteiger partial charge on any atom is 0.257 e. The summed E-state index contributed by atoms with van der Waals surface area (Å²) in [5, 5.41) is 4.82. The molecule has 1 aliphatic carbocycles. The summed E-state index contributed by atoms with van der Waals surface area (Å²) in [6, 6.07) is 15.6. The van der Waals surface area contributed by atoms with Gasteiger partial charge >= 0.3 is 0 Å². The van der Waals surface area contributed by atoms with Gasteiger partial charge in [-0.1, -0.05) is 37.5 Å². The van der Waals surface area contributed by atoms with E-state index in [0.717, 1.165) is 24.1 Å². The predicted molar refractivity (Wildman–Crippen MR) is 121 cm³/mol. The molecular formula is C25H29N3O3. The van der Waals surface area contributed by atoms with Crippen LogP contribution in [0.2, 0.25) is 0 Å². The van der Waals surface area contributed by atoms with E-state index in [0.29, 0.717) is 22.8 Å². The van der Waals surface area contributed by atoms with Crippen LogP contribution >= 0.6 is 0 Å². The Labute approximate surface area is 183 Å². The van der Waals surface area contributed by atoms with Crippen LogP contribution in [0.1, 0.15) is 42.5 Å². The van der Waals surface area contributed by atoms with E-state index in [-0.39, 0.29) is 11.9 Å². The second-order valence-corrected chi connectivity index (χ2v) is 7.95. The summed E-state index contributed by atoms with van der Waals surface area (Å²) in [6.07, 6.45) is 7.51. The van der Waals surface area contributed by atoms with Crippen molar-refractivity contribution >= 4 is 5.91 Å². The van der Waals surface area contributed by atoms with Crippen LogP contribution in [0, 0.1) is 0 Å². The molecule has 1 fully saturated rings. The number of carbonyl (C=O) groups excluding carboxylic acids is 1. The van der Waals surface area contributed by atoms with Crippen molar-refractivity contribution in [3.63, 3.8) is 0 Å². The van der Waals surface area contributed by atoms with Crippen LogP contribution in [0.5, 0.6) is 11.5 Å². The first kappa shape index (κ1) is 21.0. The second kappa shape index (κ2) is 9.25. The van der Waals surface area contributed by atoms with Gasteiger partial charge in [-0.15, -0.1) is 0 Å². The lowest BCUT2D eigenvalue weighted by molar-refractivity contribution is 0.0697. The Balaban J connectivity index is 1.82. The average Bonchev–Trinajstić information content (AvgIpc) is 3.29. The molecule has 162 valence electrons. The van der Waals surface area contributed by atoms with Crippen molar-refractivity contribution in [3.8, 4) is 28.4 Å². The molecule has 1 saturated carbocycles. The first-order chi connectivity index (χ1) is 15.1. The summed E-state index contributed by atoms with van der Waals surface area (Å²) in [5.41, 5.74) is 2.78. The summed E-state index contributed by atoms with van der Waals surface area (Å²) >= 11 is 0. The molecule has 0 spiro atoms. The van der Waals surface area contributed by atoms with E-state index in [4.69, 9.17) is 14.6 Å². The van der Waals surface area contributed by atoms with Crippen molar-refractivity contribution in [2.45, 2.75) is 38.1 Å². The molecule has 1 amide bonds. The third kappa shape index (κ3) is 4.29. The van der Waals surface area contributed by atoms with Crippen LogP contribution < -0.4 is 9.47 Å². The minimum absolute atomic E-state index is 0.0195. The van der Waals surface area contributed by atoms with Gasteiger partial charge in [0, 0.05) is 24.8 Å². The fraction of sp³-hybridized carbons (Fsp3) is 0.360. The topological polar surface area (TPSA) is 56.6 Å². The van der Waals surface area contributed by atoms with Crippen LogP contribution in [0.3, 0.4) is 0 Å². The molecule has 6 heteroatoms. The Morgan fingerprint density at radius 1 is 1.03 bits per heavy atom. The van der Waals surface area contributed by atoms with Gasteiger partial charge in [-0.2, -0.15) is 5.10 Å². The van der Waals surface area contributed by atoms with E-state index in [1.165, 1.54) is 19.3 Å². The Kier molecular flexibility index (Phi) is 6.26. The normalized spacial score (nSPS) is 14.3. The van der Waals surface area contributed by atoms with Crippen molar-refractivity contribution in [3.05, 3.63) is 60.3 Å². The number of methoxy groups -OCH3 is 2. The molecule has 6 nitrogen and oxygen atoms in total. The molecule has 0 radical (unpaired) electrons. The first-order valence-corrected chi connectivity index (χ1v) is 10.8. The maximum atomic E-state index is 13.6.